The zero-order valence-electron chi connectivity index (χ0n) is 44.8. The van der Waals surface area contributed by atoms with Crippen molar-refractivity contribution in [2.24, 2.45) is 0 Å². The van der Waals surface area contributed by atoms with E-state index in [0.717, 1.165) is 49.7 Å². The van der Waals surface area contributed by atoms with Crippen LogP contribution in [0.15, 0.2) is 141 Å². The molecule has 4 aromatic carbocycles. The van der Waals surface area contributed by atoms with Crippen molar-refractivity contribution in [3.63, 3.8) is 0 Å². The van der Waals surface area contributed by atoms with Gasteiger partial charge in [0.25, 0.3) is 0 Å². The second kappa shape index (κ2) is 27.1. The first kappa shape index (κ1) is 60.2. The first-order chi connectivity index (χ1) is 39.1. The predicted octanol–water partition coefficient (Wildman–Crippen LogP) is 5.95. The maximum absolute atomic E-state index is 13.6. The maximum Gasteiger partial charge on any atom is 0.360 e. The molecule has 28 heteroatoms. The van der Waals surface area contributed by atoms with E-state index in [0.29, 0.717) is 33.1 Å². The Bertz CT molecular complexity index is 4130. The van der Waals surface area contributed by atoms with Crippen LogP contribution in [-0.4, -0.2) is 85.0 Å². The number of ether oxygens (including phenoxy) is 3. The second-order valence-corrected chi connectivity index (χ2v) is 19.2. The SMILES string of the molecule is COC(=O)c1coc(Cn2c(=O)nc(C)n(Cc3ccc(Cl)cc3)c2=O)n1.COC(=O)c1coc(Cn2c(=O)nc(Nc3ccc(OC(C)C)c(C)c3)n(Cc3ccc(Cl)cc3)c2=O)n1.Cc1nc(=O)[nH]c(=O)n1Cc1ccc(Cl)cc1. The number of carbonyl (C=O) groups excluding carboxylic acids is 2. The topological polar surface area (TPSA) is 307 Å². The van der Waals surface area contributed by atoms with Gasteiger partial charge in [-0.25, -0.2) is 57.5 Å². The van der Waals surface area contributed by atoms with Gasteiger partial charge in [-0.15, -0.1) is 0 Å². The summed E-state index contributed by atoms with van der Waals surface area (Å²) in [7, 11) is 2.42. The van der Waals surface area contributed by atoms with Crippen molar-refractivity contribution in [1.82, 2.24) is 52.7 Å². The molecule has 0 fully saturated rings. The van der Waals surface area contributed by atoms with E-state index in [1.54, 1.807) is 80.6 Å². The number of hydrogen-bond donors (Lipinski definition) is 2. The summed E-state index contributed by atoms with van der Waals surface area (Å²) in [5, 5.41) is 4.85. The van der Waals surface area contributed by atoms with Gasteiger partial charge in [-0.1, -0.05) is 71.2 Å². The Labute approximate surface area is 479 Å². The number of oxazole rings is 2. The molecule has 82 heavy (non-hydrogen) atoms. The van der Waals surface area contributed by atoms with Gasteiger partial charge in [-0.3, -0.25) is 18.7 Å². The van der Waals surface area contributed by atoms with Crippen LogP contribution < -0.4 is 44.2 Å². The maximum atomic E-state index is 13.6. The summed E-state index contributed by atoms with van der Waals surface area (Å²) in [6.07, 6.45) is 2.20. The molecular weight excluding hydrogens is 1130 g/mol. The van der Waals surface area contributed by atoms with Gasteiger partial charge >= 0.3 is 46.1 Å². The molecule has 0 aliphatic rings. The van der Waals surface area contributed by atoms with E-state index in [2.05, 4.69) is 44.7 Å². The van der Waals surface area contributed by atoms with Crippen LogP contribution in [0.3, 0.4) is 0 Å². The Morgan fingerprint density at radius 1 is 0.561 bits per heavy atom. The third kappa shape index (κ3) is 15.7. The third-order valence-corrected chi connectivity index (χ3v) is 12.4. The highest BCUT2D eigenvalue weighted by molar-refractivity contribution is 6.31. The Morgan fingerprint density at radius 3 is 1.45 bits per heavy atom. The number of carbonyl (C=O) groups is 2. The summed E-state index contributed by atoms with van der Waals surface area (Å²) in [4.78, 5) is 119. The van der Waals surface area contributed by atoms with E-state index in [1.807, 2.05) is 45.0 Å². The standard InChI is InChI=1S/C26H26ClN5O6.C17H15ClN4O5.C11H10ClN3O2/c1-15(2)38-21-10-9-19(11-16(21)3)28-24-30-25(34)32(13-22-29-20(14-37-22)23(33)36-4)26(35)31(24)12-17-5-7-18(27)8-6-17;1-10-19-16(24)22(8-14-20-13(9-27-14)15(23)26-2)17(25)21(10)7-11-3-5-12(18)6-4-11;1-7-13-10(16)14-11(17)15(7)6-8-2-4-9(12)5-3-8/h5-11,14-15H,12-13H2,1-4H3,(H,28,30,34);3-6,9H,7-8H2,1-2H3;2-5H,6H2,1H3,(H,14,16,17). The summed E-state index contributed by atoms with van der Waals surface area (Å²) in [5.74, 6) is 0.0349. The lowest BCUT2D eigenvalue weighted by atomic mass is 10.2. The van der Waals surface area contributed by atoms with Crippen molar-refractivity contribution in [2.75, 3.05) is 19.5 Å². The van der Waals surface area contributed by atoms with Gasteiger partial charge in [0, 0.05) is 20.8 Å². The second-order valence-electron chi connectivity index (χ2n) is 17.9. The summed E-state index contributed by atoms with van der Waals surface area (Å²) in [6.45, 7) is 9.04. The highest BCUT2D eigenvalue weighted by Gasteiger charge is 2.20. The molecule has 0 aliphatic heterocycles. The molecule has 0 saturated heterocycles. The number of esters is 2. The van der Waals surface area contributed by atoms with Gasteiger partial charge in [0.2, 0.25) is 17.7 Å². The highest BCUT2D eigenvalue weighted by Crippen LogP contribution is 2.25. The van der Waals surface area contributed by atoms with Crippen LogP contribution in [0.25, 0.3) is 0 Å². The molecule has 0 aliphatic carbocycles. The Kier molecular flexibility index (Phi) is 19.9. The summed E-state index contributed by atoms with van der Waals surface area (Å²) in [6, 6.07) is 26.5. The van der Waals surface area contributed by atoms with Crippen LogP contribution in [0.1, 0.15) is 80.5 Å². The van der Waals surface area contributed by atoms with Crippen molar-refractivity contribution < 1.29 is 32.6 Å². The fourth-order valence-corrected chi connectivity index (χ4v) is 7.94. The molecule has 0 saturated carbocycles. The van der Waals surface area contributed by atoms with Crippen molar-refractivity contribution in [1.29, 1.82) is 0 Å². The number of aromatic amines is 1. The quantitative estimate of drug-likeness (QED) is 0.106. The third-order valence-electron chi connectivity index (χ3n) is 11.6. The first-order valence-electron chi connectivity index (χ1n) is 24.5. The van der Waals surface area contributed by atoms with E-state index in [1.165, 1.54) is 27.9 Å². The Morgan fingerprint density at radius 2 is 1.00 bits per heavy atom. The average Bonchev–Trinajstić information content (AvgIpc) is 4.27. The number of H-pyrrole nitrogens is 1. The highest BCUT2D eigenvalue weighted by atomic mass is 35.5. The summed E-state index contributed by atoms with van der Waals surface area (Å²) >= 11 is 17.7. The number of nitrogens with one attached hydrogen (secondary N) is 2. The lowest BCUT2D eigenvalue weighted by Gasteiger charge is -2.17. The average molecular weight is 1180 g/mol. The minimum absolute atomic E-state index is 0.0123. The van der Waals surface area contributed by atoms with Crippen molar-refractivity contribution in [3.05, 3.63) is 239 Å². The van der Waals surface area contributed by atoms with E-state index in [4.69, 9.17) is 48.4 Å². The normalized spacial score (nSPS) is 10.8. The molecule has 0 bridgehead atoms. The van der Waals surface area contributed by atoms with Crippen LogP contribution >= 0.6 is 34.8 Å². The monoisotopic (exact) mass is 1180 g/mol. The number of methoxy groups -OCH3 is 2. The molecule has 9 aromatic rings. The molecule has 0 spiro atoms. The van der Waals surface area contributed by atoms with Crippen LogP contribution in [0.5, 0.6) is 5.75 Å². The van der Waals surface area contributed by atoms with Gasteiger partial charge in [0.1, 0.15) is 43.0 Å². The summed E-state index contributed by atoms with van der Waals surface area (Å²) < 4.78 is 31.2. The van der Waals surface area contributed by atoms with Crippen LogP contribution in [-0.2, 0) is 42.2 Å². The van der Waals surface area contributed by atoms with Gasteiger partial charge in [0.05, 0.1) is 40.0 Å². The van der Waals surface area contributed by atoms with Gasteiger partial charge < -0.3 is 28.4 Å². The Balaban J connectivity index is 0.000000191. The lowest BCUT2D eigenvalue weighted by molar-refractivity contribution is 0.0585. The number of aryl methyl sites for hydroxylation is 3. The number of hydrogen-bond acceptors (Lipinski definition) is 19. The smallest absolute Gasteiger partial charge is 0.360 e. The van der Waals surface area contributed by atoms with Crippen molar-refractivity contribution in [2.45, 2.75) is 73.4 Å². The molecule has 0 radical (unpaired) electrons. The minimum atomic E-state index is -0.820. The predicted molar refractivity (Wildman–Crippen MR) is 300 cm³/mol. The molecule has 0 atom stereocenters. The van der Waals surface area contributed by atoms with Crippen LogP contribution in [0.2, 0.25) is 15.1 Å². The molecule has 0 amide bonds. The molecule has 0 unspecified atom stereocenters. The first-order valence-corrected chi connectivity index (χ1v) is 25.6. The number of halogens is 3. The number of aromatic nitrogens is 11. The molecule has 25 nitrogen and oxygen atoms in total. The lowest BCUT2D eigenvalue weighted by Crippen LogP contribution is -2.43. The van der Waals surface area contributed by atoms with E-state index < -0.39 is 46.1 Å². The Hall–Kier alpha value is -9.46. The number of nitrogens with zero attached hydrogens (tertiary/aromatic N) is 10. The van der Waals surface area contributed by atoms with Crippen molar-refractivity contribution >= 4 is 58.4 Å². The zero-order chi connectivity index (χ0) is 59.4. The zero-order valence-corrected chi connectivity index (χ0v) is 47.1. The molecule has 5 aromatic heterocycles. The minimum Gasteiger partial charge on any atom is -0.491 e. The van der Waals surface area contributed by atoms with E-state index in [-0.39, 0.29) is 67.2 Å². The summed E-state index contributed by atoms with van der Waals surface area (Å²) in [5.41, 5.74) is -0.0275. The van der Waals surface area contributed by atoms with Crippen molar-refractivity contribution in [3.8, 4) is 5.75 Å². The van der Waals surface area contributed by atoms with Gasteiger partial charge in [-0.2, -0.15) is 15.0 Å². The largest absolute Gasteiger partial charge is 0.491 e. The molecule has 9 rings (SSSR count). The molecule has 2 N–H and O–H groups in total. The van der Waals surface area contributed by atoms with Gasteiger partial charge in [0.15, 0.2) is 11.4 Å². The van der Waals surface area contributed by atoms with Crippen LogP contribution in [0, 0.1) is 20.8 Å². The number of rotatable bonds is 16. The van der Waals surface area contributed by atoms with E-state index >= 15 is 0 Å². The molecule has 426 valence electrons. The number of anilines is 2. The van der Waals surface area contributed by atoms with Crippen LogP contribution in [0.4, 0.5) is 11.6 Å². The molecular formula is C54H51Cl3N12O13. The fraction of sp³-hybridized carbons (Fsp3) is 0.241. The fourth-order valence-electron chi connectivity index (χ4n) is 7.57. The number of benzene rings is 4. The van der Waals surface area contributed by atoms with Gasteiger partial charge in [-0.05, 0) is 111 Å². The van der Waals surface area contributed by atoms with E-state index in [9.17, 15) is 38.4 Å². The molecule has 5 heterocycles.